The fraction of sp³-hybridized carbons (Fsp3) is 0.368. The lowest BCUT2D eigenvalue weighted by atomic mass is 10.1. The molecule has 0 saturated carbocycles. The van der Waals surface area contributed by atoms with Crippen LogP contribution in [0.25, 0.3) is 11.6 Å². The van der Waals surface area contributed by atoms with Crippen molar-refractivity contribution in [3.63, 3.8) is 0 Å². The van der Waals surface area contributed by atoms with Gasteiger partial charge in [-0.05, 0) is 44.5 Å². The molecule has 8 heteroatoms. The number of aromatic nitrogens is 4. The number of hydrogen-bond donors (Lipinski definition) is 2. The number of hydrogen-bond acceptors (Lipinski definition) is 6. The Morgan fingerprint density at radius 2 is 2.19 bits per heavy atom. The van der Waals surface area contributed by atoms with Crippen molar-refractivity contribution in [3.05, 3.63) is 47.9 Å². The van der Waals surface area contributed by atoms with E-state index >= 15 is 0 Å². The molecule has 0 spiro atoms. The largest absolute Gasteiger partial charge is 0.332 e. The molecule has 4 rings (SSSR count). The van der Waals surface area contributed by atoms with Gasteiger partial charge < -0.3 is 15.2 Å². The third-order valence-electron chi connectivity index (χ3n) is 4.59. The van der Waals surface area contributed by atoms with Crippen molar-refractivity contribution in [2.24, 2.45) is 0 Å². The number of benzene rings is 1. The fourth-order valence-corrected chi connectivity index (χ4v) is 3.13. The smallest absolute Gasteiger partial charge is 0.278 e. The van der Waals surface area contributed by atoms with Gasteiger partial charge in [0.1, 0.15) is 0 Å². The summed E-state index contributed by atoms with van der Waals surface area (Å²) in [6.45, 7) is 3.97. The molecule has 3 aromatic rings. The van der Waals surface area contributed by atoms with Gasteiger partial charge in [0.15, 0.2) is 11.5 Å². The van der Waals surface area contributed by atoms with Crippen molar-refractivity contribution < 1.29 is 9.32 Å². The van der Waals surface area contributed by atoms with Gasteiger partial charge in [-0.15, -0.1) is 0 Å². The van der Waals surface area contributed by atoms with Crippen molar-refractivity contribution in [2.45, 2.75) is 32.2 Å². The Bertz CT molecular complexity index is 908. The number of amides is 1. The molecule has 1 aliphatic heterocycles. The minimum Gasteiger partial charge on any atom is -0.332 e. The zero-order valence-corrected chi connectivity index (χ0v) is 15.2. The van der Waals surface area contributed by atoms with Crippen LogP contribution in [0.5, 0.6) is 0 Å². The molecule has 1 amide bonds. The van der Waals surface area contributed by atoms with Crippen LogP contribution in [0.4, 0.5) is 5.69 Å². The van der Waals surface area contributed by atoms with Crippen molar-refractivity contribution in [3.8, 4) is 11.6 Å². The molecule has 0 bridgehead atoms. The Labute approximate surface area is 157 Å². The van der Waals surface area contributed by atoms with E-state index in [4.69, 9.17) is 4.52 Å². The van der Waals surface area contributed by atoms with E-state index in [1.54, 1.807) is 0 Å². The van der Waals surface area contributed by atoms with E-state index in [0.717, 1.165) is 37.2 Å². The standard InChI is InChI=1S/C19H22N6O2/c1-13-4-6-14(7-5-13)21-18(26)11-17-22-19(27-24-17)16-8-10-25(23-16)15-3-2-9-20-12-15/h4-8,10,15,20H,2-3,9,11-12H2,1H3,(H,21,26). The van der Waals surface area contributed by atoms with Crippen LogP contribution < -0.4 is 10.6 Å². The molecule has 1 fully saturated rings. The Balaban J connectivity index is 1.39. The van der Waals surface area contributed by atoms with E-state index in [0.29, 0.717) is 23.5 Å². The maximum atomic E-state index is 12.2. The molecule has 1 saturated heterocycles. The lowest BCUT2D eigenvalue weighted by Crippen LogP contribution is -2.31. The number of rotatable bonds is 5. The minimum absolute atomic E-state index is 0.0463. The summed E-state index contributed by atoms with van der Waals surface area (Å²) in [5.74, 6) is 0.476. The van der Waals surface area contributed by atoms with Crippen LogP contribution in [-0.2, 0) is 11.2 Å². The molecule has 0 aliphatic carbocycles. The van der Waals surface area contributed by atoms with Crippen molar-refractivity contribution in [1.29, 1.82) is 0 Å². The van der Waals surface area contributed by atoms with E-state index < -0.39 is 0 Å². The van der Waals surface area contributed by atoms with Crippen molar-refractivity contribution in [2.75, 3.05) is 18.4 Å². The molecule has 1 aromatic carbocycles. The molecule has 1 aliphatic rings. The van der Waals surface area contributed by atoms with Crippen LogP contribution in [0.2, 0.25) is 0 Å². The fourth-order valence-electron chi connectivity index (χ4n) is 3.13. The molecule has 2 aromatic heterocycles. The van der Waals surface area contributed by atoms with Gasteiger partial charge in [0, 0.05) is 18.4 Å². The van der Waals surface area contributed by atoms with E-state index in [-0.39, 0.29) is 12.3 Å². The zero-order chi connectivity index (χ0) is 18.6. The van der Waals surface area contributed by atoms with Gasteiger partial charge >= 0.3 is 0 Å². The Morgan fingerprint density at radius 3 is 2.96 bits per heavy atom. The average molecular weight is 366 g/mol. The SMILES string of the molecule is Cc1ccc(NC(=O)Cc2noc(-c3ccn(C4CCCNC4)n3)n2)cc1. The number of aryl methyl sites for hydroxylation is 1. The third-order valence-corrected chi connectivity index (χ3v) is 4.59. The van der Waals surface area contributed by atoms with E-state index in [9.17, 15) is 4.79 Å². The van der Waals surface area contributed by atoms with Crippen molar-refractivity contribution >= 4 is 11.6 Å². The quantitative estimate of drug-likeness (QED) is 0.719. The van der Waals surface area contributed by atoms with Gasteiger partial charge in [-0.3, -0.25) is 9.48 Å². The summed E-state index contributed by atoms with van der Waals surface area (Å²) in [5.41, 5.74) is 2.51. The predicted molar refractivity (Wildman–Crippen MR) is 100 cm³/mol. The normalized spacial score (nSPS) is 17.0. The highest BCUT2D eigenvalue weighted by atomic mass is 16.5. The summed E-state index contributed by atoms with van der Waals surface area (Å²) in [4.78, 5) is 16.5. The maximum Gasteiger partial charge on any atom is 0.278 e. The van der Waals surface area contributed by atoms with Crippen LogP contribution in [0, 0.1) is 6.92 Å². The highest BCUT2D eigenvalue weighted by molar-refractivity contribution is 5.91. The van der Waals surface area contributed by atoms with E-state index in [1.165, 1.54) is 0 Å². The van der Waals surface area contributed by atoms with Gasteiger partial charge in [-0.1, -0.05) is 22.9 Å². The number of nitrogens with one attached hydrogen (secondary N) is 2. The van der Waals surface area contributed by atoms with Crippen LogP contribution in [0.15, 0.2) is 41.1 Å². The first kappa shape index (κ1) is 17.4. The second-order valence-electron chi connectivity index (χ2n) is 6.79. The zero-order valence-electron chi connectivity index (χ0n) is 15.2. The number of anilines is 1. The summed E-state index contributed by atoms with van der Waals surface area (Å²) in [5, 5.41) is 14.7. The van der Waals surface area contributed by atoms with Gasteiger partial charge in [0.2, 0.25) is 5.91 Å². The molecule has 140 valence electrons. The highest BCUT2D eigenvalue weighted by Gasteiger charge is 2.19. The number of carbonyl (C=O) groups excluding carboxylic acids is 1. The molecule has 8 nitrogen and oxygen atoms in total. The van der Waals surface area contributed by atoms with Gasteiger partial charge in [-0.25, -0.2) is 0 Å². The summed E-state index contributed by atoms with van der Waals surface area (Å²) < 4.78 is 7.23. The second kappa shape index (κ2) is 7.71. The summed E-state index contributed by atoms with van der Waals surface area (Å²) in [6, 6.07) is 9.82. The summed E-state index contributed by atoms with van der Waals surface area (Å²) in [6.07, 6.45) is 4.22. The van der Waals surface area contributed by atoms with E-state index in [1.807, 2.05) is 48.1 Å². The molecular weight excluding hydrogens is 344 g/mol. The Morgan fingerprint density at radius 1 is 1.33 bits per heavy atom. The molecule has 1 atom stereocenters. The summed E-state index contributed by atoms with van der Waals surface area (Å²) >= 11 is 0. The first-order valence-electron chi connectivity index (χ1n) is 9.13. The number of piperidine rings is 1. The number of carbonyl (C=O) groups is 1. The predicted octanol–water partition coefficient (Wildman–Crippen LogP) is 2.35. The molecule has 0 radical (unpaired) electrons. The third kappa shape index (κ3) is 4.22. The molecule has 1 unspecified atom stereocenters. The summed E-state index contributed by atoms with van der Waals surface area (Å²) in [7, 11) is 0. The van der Waals surface area contributed by atoms with Crippen LogP contribution in [-0.4, -0.2) is 38.9 Å². The van der Waals surface area contributed by atoms with Crippen LogP contribution in [0.1, 0.15) is 30.3 Å². The molecular formula is C19H22N6O2. The Hall–Kier alpha value is -3.00. The lowest BCUT2D eigenvalue weighted by Gasteiger charge is -2.22. The van der Waals surface area contributed by atoms with Gasteiger partial charge in [0.05, 0.1) is 12.5 Å². The van der Waals surface area contributed by atoms with Crippen LogP contribution in [0.3, 0.4) is 0 Å². The van der Waals surface area contributed by atoms with E-state index in [2.05, 4.69) is 25.9 Å². The first-order valence-corrected chi connectivity index (χ1v) is 9.13. The topological polar surface area (TPSA) is 97.9 Å². The average Bonchev–Trinajstić information content (AvgIpc) is 3.34. The Kier molecular flexibility index (Phi) is 4.97. The van der Waals surface area contributed by atoms with Crippen molar-refractivity contribution in [1.82, 2.24) is 25.2 Å². The monoisotopic (exact) mass is 366 g/mol. The van der Waals surface area contributed by atoms with Gasteiger partial charge in [0.25, 0.3) is 5.89 Å². The maximum absolute atomic E-state index is 12.2. The molecule has 2 N–H and O–H groups in total. The molecule has 3 heterocycles. The second-order valence-corrected chi connectivity index (χ2v) is 6.79. The lowest BCUT2D eigenvalue weighted by molar-refractivity contribution is -0.115. The molecule has 27 heavy (non-hydrogen) atoms. The number of nitrogens with zero attached hydrogens (tertiary/aromatic N) is 4. The van der Waals surface area contributed by atoms with Crippen LogP contribution >= 0.6 is 0 Å². The highest BCUT2D eigenvalue weighted by Crippen LogP contribution is 2.20. The minimum atomic E-state index is -0.190. The first-order chi connectivity index (χ1) is 13.2. The van der Waals surface area contributed by atoms with Gasteiger partial charge in [-0.2, -0.15) is 10.1 Å².